The third-order valence-corrected chi connectivity index (χ3v) is 5.73. The summed E-state index contributed by atoms with van der Waals surface area (Å²) in [6, 6.07) is 5.70. The molecule has 2 aliphatic rings. The van der Waals surface area contributed by atoms with Crippen LogP contribution >= 0.6 is 15.9 Å². The van der Waals surface area contributed by atoms with E-state index in [0.29, 0.717) is 28.1 Å². The van der Waals surface area contributed by atoms with Crippen LogP contribution in [0.5, 0.6) is 11.5 Å². The number of ether oxygens (including phenoxy) is 2. The van der Waals surface area contributed by atoms with Crippen molar-refractivity contribution in [2.24, 2.45) is 0 Å². The standard InChI is InChI=1S/C20H26BrN3O3/c1-2-26-18-11-15(12-22)10-17(21)20(18)27-14-19(25)24-9-5-6-16(24)13-23-7-3-4-8-23/h10-11,16H,2-9,13-14H2,1H3. The molecular formula is C20H26BrN3O3. The van der Waals surface area contributed by atoms with Crippen LogP contribution in [0.2, 0.25) is 0 Å². The number of carbonyl (C=O) groups is 1. The second-order valence-electron chi connectivity index (χ2n) is 7.01. The van der Waals surface area contributed by atoms with E-state index >= 15 is 0 Å². The molecule has 0 bridgehead atoms. The molecule has 1 atom stereocenters. The fourth-order valence-corrected chi connectivity index (χ4v) is 4.43. The predicted octanol–water partition coefficient (Wildman–Crippen LogP) is 3.19. The van der Waals surface area contributed by atoms with Gasteiger partial charge in [-0.15, -0.1) is 0 Å². The van der Waals surface area contributed by atoms with E-state index < -0.39 is 0 Å². The highest BCUT2D eigenvalue weighted by Crippen LogP contribution is 2.37. The van der Waals surface area contributed by atoms with Gasteiger partial charge < -0.3 is 19.3 Å². The molecule has 2 fully saturated rings. The van der Waals surface area contributed by atoms with Crippen LogP contribution in [-0.2, 0) is 4.79 Å². The molecule has 7 heteroatoms. The van der Waals surface area contributed by atoms with E-state index in [1.54, 1.807) is 12.1 Å². The van der Waals surface area contributed by atoms with Gasteiger partial charge in [0, 0.05) is 25.2 Å². The molecule has 1 aromatic carbocycles. The van der Waals surface area contributed by atoms with Gasteiger partial charge in [0.25, 0.3) is 5.91 Å². The van der Waals surface area contributed by atoms with Crippen molar-refractivity contribution in [2.45, 2.75) is 38.6 Å². The lowest BCUT2D eigenvalue weighted by molar-refractivity contribution is -0.134. The van der Waals surface area contributed by atoms with Gasteiger partial charge in [-0.25, -0.2) is 0 Å². The summed E-state index contributed by atoms with van der Waals surface area (Å²) in [5, 5.41) is 9.12. The van der Waals surface area contributed by atoms with E-state index in [9.17, 15) is 4.79 Å². The molecule has 2 aliphatic heterocycles. The molecule has 0 aromatic heterocycles. The summed E-state index contributed by atoms with van der Waals surface area (Å²) in [6.07, 6.45) is 4.63. The van der Waals surface area contributed by atoms with Gasteiger partial charge in [0.2, 0.25) is 0 Å². The minimum atomic E-state index is -0.0267. The number of likely N-dealkylation sites (tertiary alicyclic amines) is 2. The summed E-state index contributed by atoms with van der Waals surface area (Å²) in [4.78, 5) is 17.2. The zero-order valence-corrected chi connectivity index (χ0v) is 17.3. The minimum Gasteiger partial charge on any atom is -0.490 e. The molecule has 27 heavy (non-hydrogen) atoms. The Morgan fingerprint density at radius 2 is 2.04 bits per heavy atom. The number of carbonyl (C=O) groups excluding carboxylic acids is 1. The lowest BCUT2D eigenvalue weighted by Crippen LogP contribution is -2.44. The lowest BCUT2D eigenvalue weighted by Gasteiger charge is -2.28. The Labute approximate surface area is 169 Å². The Balaban J connectivity index is 1.63. The average Bonchev–Trinajstić information content (AvgIpc) is 3.33. The van der Waals surface area contributed by atoms with Crippen LogP contribution in [0.25, 0.3) is 0 Å². The van der Waals surface area contributed by atoms with Crippen LogP contribution in [0, 0.1) is 11.3 Å². The molecule has 2 saturated heterocycles. The van der Waals surface area contributed by atoms with Crippen molar-refractivity contribution in [3.8, 4) is 17.6 Å². The van der Waals surface area contributed by atoms with Crippen LogP contribution < -0.4 is 9.47 Å². The molecule has 0 spiro atoms. The van der Waals surface area contributed by atoms with Crippen LogP contribution in [0.3, 0.4) is 0 Å². The van der Waals surface area contributed by atoms with Gasteiger partial charge in [0.1, 0.15) is 0 Å². The molecule has 0 saturated carbocycles. The van der Waals surface area contributed by atoms with Crippen LogP contribution in [0.1, 0.15) is 38.2 Å². The zero-order chi connectivity index (χ0) is 19.2. The summed E-state index contributed by atoms with van der Waals surface area (Å²) in [5.41, 5.74) is 0.481. The maximum Gasteiger partial charge on any atom is 0.260 e. The molecule has 2 heterocycles. The number of nitrogens with zero attached hydrogens (tertiary/aromatic N) is 3. The van der Waals surface area contributed by atoms with Gasteiger partial charge in [-0.2, -0.15) is 5.26 Å². The van der Waals surface area contributed by atoms with Gasteiger partial charge >= 0.3 is 0 Å². The van der Waals surface area contributed by atoms with E-state index in [0.717, 1.165) is 39.0 Å². The van der Waals surface area contributed by atoms with Crippen molar-refractivity contribution >= 4 is 21.8 Å². The van der Waals surface area contributed by atoms with Crippen LogP contribution in [0.4, 0.5) is 0 Å². The van der Waals surface area contributed by atoms with Gasteiger partial charge in [-0.05, 0) is 67.7 Å². The number of benzene rings is 1. The molecule has 3 rings (SSSR count). The van der Waals surface area contributed by atoms with Crippen molar-refractivity contribution in [2.75, 3.05) is 39.4 Å². The number of amides is 1. The maximum atomic E-state index is 12.8. The molecule has 1 aromatic rings. The molecule has 1 amide bonds. The summed E-state index contributed by atoms with van der Waals surface area (Å²) in [7, 11) is 0. The average molecular weight is 436 g/mol. The number of nitriles is 1. The quantitative estimate of drug-likeness (QED) is 0.657. The Hall–Kier alpha value is -1.78. The fraction of sp³-hybridized carbons (Fsp3) is 0.600. The Morgan fingerprint density at radius 1 is 1.26 bits per heavy atom. The molecule has 1 unspecified atom stereocenters. The number of hydrogen-bond acceptors (Lipinski definition) is 5. The maximum absolute atomic E-state index is 12.8. The molecule has 6 nitrogen and oxygen atoms in total. The van der Waals surface area contributed by atoms with Crippen LogP contribution in [0.15, 0.2) is 16.6 Å². The van der Waals surface area contributed by atoms with Gasteiger partial charge in [0.15, 0.2) is 18.1 Å². The highest BCUT2D eigenvalue weighted by Gasteiger charge is 2.31. The van der Waals surface area contributed by atoms with Crippen molar-refractivity contribution in [3.63, 3.8) is 0 Å². The van der Waals surface area contributed by atoms with E-state index in [4.69, 9.17) is 14.7 Å². The van der Waals surface area contributed by atoms with Gasteiger partial charge in [-0.3, -0.25) is 4.79 Å². The Kier molecular flexibility index (Phi) is 6.97. The van der Waals surface area contributed by atoms with Crippen molar-refractivity contribution in [1.29, 1.82) is 5.26 Å². The topological polar surface area (TPSA) is 65.8 Å². The van der Waals surface area contributed by atoms with Gasteiger partial charge in [-0.1, -0.05) is 0 Å². The minimum absolute atomic E-state index is 0.00963. The second kappa shape index (κ2) is 9.43. The monoisotopic (exact) mass is 435 g/mol. The van der Waals surface area contributed by atoms with Gasteiger partial charge in [0.05, 0.1) is 22.7 Å². The number of rotatable bonds is 7. The second-order valence-corrected chi connectivity index (χ2v) is 7.86. The van der Waals surface area contributed by atoms with E-state index in [2.05, 4.69) is 26.9 Å². The highest BCUT2D eigenvalue weighted by atomic mass is 79.9. The lowest BCUT2D eigenvalue weighted by atomic mass is 10.2. The normalized spacial score (nSPS) is 19.9. The van der Waals surface area contributed by atoms with Crippen LogP contribution in [-0.4, -0.2) is 61.1 Å². The van der Waals surface area contributed by atoms with E-state index in [-0.39, 0.29) is 18.6 Å². The Bertz CT molecular complexity index is 713. The molecule has 0 radical (unpaired) electrons. The zero-order valence-electron chi connectivity index (χ0n) is 15.7. The molecule has 0 aliphatic carbocycles. The molecule has 0 N–H and O–H groups in total. The first-order chi connectivity index (χ1) is 13.1. The van der Waals surface area contributed by atoms with Crippen molar-refractivity contribution in [3.05, 3.63) is 22.2 Å². The summed E-state index contributed by atoms with van der Waals surface area (Å²) < 4.78 is 12.0. The SMILES string of the molecule is CCOc1cc(C#N)cc(Br)c1OCC(=O)N1CCCC1CN1CCCC1. The van der Waals surface area contributed by atoms with Crippen molar-refractivity contribution in [1.82, 2.24) is 9.80 Å². The van der Waals surface area contributed by atoms with Crippen molar-refractivity contribution < 1.29 is 14.3 Å². The third-order valence-electron chi connectivity index (χ3n) is 5.14. The largest absolute Gasteiger partial charge is 0.490 e. The third kappa shape index (κ3) is 4.94. The molecule has 146 valence electrons. The Morgan fingerprint density at radius 3 is 2.74 bits per heavy atom. The predicted molar refractivity (Wildman–Crippen MR) is 106 cm³/mol. The van der Waals surface area contributed by atoms with E-state index in [1.807, 2.05) is 11.8 Å². The first-order valence-corrected chi connectivity index (χ1v) is 10.4. The van der Waals surface area contributed by atoms with E-state index in [1.165, 1.54) is 12.8 Å². The smallest absolute Gasteiger partial charge is 0.260 e. The number of hydrogen-bond donors (Lipinski definition) is 0. The molecular weight excluding hydrogens is 410 g/mol. The summed E-state index contributed by atoms with van der Waals surface area (Å²) >= 11 is 3.42. The first kappa shape index (κ1) is 20.0. The summed E-state index contributed by atoms with van der Waals surface area (Å²) in [6.45, 7) is 6.35. The highest BCUT2D eigenvalue weighted by molar-refractivity contribution is 9.10. The first-order valence-electron chi connectivity index (χ1n) is 9.63. The fourth-order valence-electron chi connectivity index (χ4n) is 3.87. The number of halogens is 1. The summed E-state index contributed by atoms with van der Waals surface area (Å²) in [5.74, 6) is 0.959.